The fraction of sp³-hybridized carbons (Fsp3) is 0.385. The third kappa shape index (κ3) is 2.93. The zero-order valence-corrected chi connectivity index (χ0v) is 11.2. The Kier molecular flexibility index (Phi) is 3.93. The summed E-state index contributed by atoms with van der Waals surface area (Å²) in [5.41, 5.74) is 1.11. The number of ether oxygens (including phenoxy) is 2. The number of rotatable bonds is 3. The lowest BCUT2D eigenvalue weighted by atomic mass is 10.2. The van der Waals surface area contributed by atoms with E-state index in [0.29, 0.717) is 19.8 Å². The Balaban J connectivity index is 2.14. The molecule has 1 heterocycles. The van der Waals surface area contributed by atoms with Crippen molar-refractivity contribution in [3.8, 4) is 23.8 Å². The van der Waals surface area contributed by atoms with Crippen molar-refractivity contribution >= 4 is 15.9 Å². The lowest BCUT2D eigenvalue weighted by molar-refractivity contribution is 0.170. The number of fused-ring (bicyclic) bond motifs is 1. The van der Waals surface area contributed by atoms with Gasteiger partial charge in [-0.3, -0.25) is 5.32 Å². The molecule has 4 heteroatoms. The predicted molar refractivity (Wildman–Crippen MR) is 70.3 cm³/mol. The predicted octanol–water partition coefficient (Wildman–Crippen LogP) is 2.33. The Hall–Kier alpha value is -1.18. The van der Waals surface area contributed by atoms with E-state index in [2.05, 4.69) is 27.2 Å². The van der Waals surface area contributed by atoms with Crippen LogP contribution in [0.25, 0.3) is 0 Å². The molecule has 1 N–H and O–H groups in total. The summed E-state index contributed by atoms with van der Waals surface area (Å²) in [5, 5.41) is 3.23. The molecule has 0 fully saturated rings. The molecule has 0 saturated heterocycles. The first-order valence-electron chi connectivity index (χ1n) is 5.48. The Labute approximate surface area is 110 Å². The Morgan fingerprint density at radius 3 is 3.00 bits per heavy atom. The third-order valence-corrected chi connectivity index (χ3v) is 3.11. The van der Waals surface area contributed by atoms with Crippen molar-refractivity contribution < 1.29 is 9.47 Å². The monoisotopic (exact) mass is 295 g/mol. The van der Waals surface area contributed by atoms with Crippen LogP contribution < -0.4 is 14.8 Å². The van der Waals surface area contributed by atoms with E-state index in [1.807, 2.05) is 19.1 Å². The maximum Gasteiger partial charge on any atom is 0.175 e. The highest BCUT2D eigenvalue weighted by molar-refractivity contribution is 9.10. The molecule has 1 aromatic rings. The van der Waals surface area contributed by atoms with Gasteiger partial charge in [0.2, 0.25) is 0 Å². The summed E-state index contributed by atoms with van der Waals surface area (Å²) in [7, 11) is 0. The highest BCUT2D eigenvalue weighted by Crippen LogP contribution is 2.38. The molecule has 0 amide bonds. The van der Waals surface area contributed by atoms with E-state index in [1.165, 1.54) is 0 Å². The summed E-state index contributed by atoms with van der Waals surface area (Å²) in [5.74, 6) is 4.20. The number of terminal acetylenes is 1. The van der Waals surface area contributed by atoms with Gasteiger partial charge in [0, 0.05) is 6.54 Å². The van der Waals surface area contributed by atoms with Crippen molar-refractivity contribution in [2.75, 3.05) is 13.2 Å². The average Bonchev–Trinajstić information content (AvgIpc) is 2.36. The smallest absolute Gasteiger partial charge is 0.175 e. The van der Waals surface area contributed by atoms with Crippen molar-refractivity contribution in [1.82, 2.24) is 5.32 Å². The molecule has 0 spiro atoms. The van der Waals surface area contributed by atoms with Gasteiger partial charge in [0.25, 0.3) is 0 Å². The van der Waals surface area contributed by atoms with E-state index in [4.69, 9.17) is 15.9 Å². The van der Waals surface area contributed by atoms with Crippen LogP contribution >= 0.6 is 15.9 Å². The molecule has 0 saturated carbocycles. The quantitative estimate of drug-likeness (QED) is 0.868. The highest BCUT2D eigenvalue weighted by atomic mass is 79.9. The first kappa shape index (κ1) is 12.3. The summed E-state index contributed by atoms with van der Waals surface area (Å²) in [6.45, 7) is 3.85. The lowest BCUT2D eigenvalue weighted by Crippen LogP contribution is -2.23. The van der Waals surface area contributed by atoms with Gasteiger partial charge < -0.3 is 9.47 Å². The first-order chi connectivity index (χ1) is 8.20. The van der Waals surface area contributed by atoms with Gasteiger partial charge >= 0.3 is 0 Å². The molecule has 17 heavy (non-hydrogen) atoms. The number of nitrogens with one attached hydrogen (secondary N) is 1. The molecule has 90 valence electrons. The number of benzene rings is 1. The lowest BCUT2D eigenvalue weighted by Gasteiger charge is -2.20. The number of halogens is 1. The third-order valence-electron chi connectivity index (χ3n) is 2.52. The van der Waals surface area contributed by atoms with Crippen LogP contribution in [-0.2, 0) is 6.54 Å². The average molecular weight is 296 g/mol. The standard InChI is InChI=1S/C13H14BrNO2/c1-3-9(2)15-8-10-6-11(14)13-12(7-10)16-4-5-17-13/h1,6-7,9,15H,4-5,8H2,2H3. The van der Waals surface area contributed by atoms with Crippen LogP contribution in [0.5, 0.6) is 11.5 Å². The van der Waals surface area contributed by atoms with Gasteiger partial charge in [0.1, 0.15) is 13.2 Å². The van der Waals surface area contributed by atoms with Crippen molar-refractivity contribution in [3.05, 3.63) is 22.2 Å². The molecule has 1 aliphatic heterocycles. The summed E-state index contributed by atoms with van der Waals surface area (Å²) < 4.78 is 12.0. The Morgan fingerprint density at radius 1 is 1.47 bits per heavy atom. The summed E-state index contributed by atoms with van der Waals surface area (Å²) in [6, 6.07) is 4.06. The normalized spacial score (nSPS) is 15.1. The number of hydrogen-bond acceptors (Lipinski definition) is 3. The van der Waals surface area contributed by atoms with Crippen molar-refractivity contribution in [2.45, 2.75) is 19.5 Å². The summed E-state index contributed by atoms with van der Waals surface area (Å²) >= 11 is 3.48. The van der Waals surface area contributed by atoms with Crippen LogP contribution in [0.4, 0.5) is 0 Å². The molecule has 0 bridgehead atoms. The molecule has 0 aliphatic carbocycles. The molecular formula is C13H14BrNO2. The minimum Gasteiger partial charge on any atom is -0.486 e. The van der Waals surface area contributed by atoms with Gasteiger partial charge in [-0.1, -0.05) is 5.92 Å². The molecule has 1 unspecified atom stereocenters. The molecule has 2 rings (SSSR count). The van der Waals surface area contributed by atoms with Crippen LogP contribution in [0.15, 0.2) is 16.6 Å². The topological polar surface area (TPSA) is 30.5 Å². The molecule has 3 nitrogen and oxygen atoms in total. The van der Waals surface area contributed by atoms with E-state index >= 15 is 0 Å². The van der Waals surface area contributed by atoms with Crippen LogP contribution in [0.3, 0.4) is 0 Å². The van der Waals surface area contributed by atoms with E-state index in [9.17, 15) is 0 Å². The second kappa shape index (κ2) is 5.44. The van der Waals surface area contributed by atoms with Gasteiger partial charge in [-0.2, -0.15) is 0 Å². The maximum atomic E-state index is 5.55. The summed E-state index contributed by atoms with van der Waals surface area (Å²) in [4.78, 5) is 0. The van der Waals surface area contributed by atoms with Gasteiger partial charge in [-0.15, -0.1) is 6.42 Å². The van der Waals surface area contributed by atoms with Crippen LogP contribution in [0.2, 0.25) is 0 Å². The zero-order valence-electron chi connectivity index (χ0n) is 9.63. The van der Waals surface area contributed by atoms with Crippen LogP contribution in [0, 0.1) is 12.3 Å². The van der Waals surface area contributed by atoms with Crippen molar-refractivity contribution in [1.29, 1.82) is 0 Å². The SMILES string of the molecule is C#CC(C)NCc1cc(Br)c2c(c1)OCCO2. The van der Waals surface area contributed by atoms with Crippen molar-refractivity contribution in [2.24, 2.45) is 0 Å². The Bertz CT molecular complexity index is 453. The largest absolute Gasteiger partial charge is 0.486 e. The second-order valence-corrected chi connectivity index (χ2v) is 4.73. The van der Waals surface area contributed by atoms with Gasteiger partial charge in [-0.25, -0.2) is 0 Å². The van der Waals surface area contributed by atoms with Crippen LogP contribution in [-0.4, -0.2) is 19.3 Å². The molecule has 1 aliphatic rings. The molecule has 1 aromatic carbocycles. The van der Waals surface area contributed by atoms with Crippen LogP contribution in [0.1, 0.15) is 12.5 Å². The molecule has 0 radical (unpaired) electrons. The van der Waals surface area contributed by atoms with E-state index in [1.54, 1.807) is 0 Å². The van der Waals surface area contributed by atoms with Gasteiger partial charge in [0.15, 0.2) is 11.5 Å². The molecular weight excluding hydrogens is 282 g/mol. The summed E-state index contributed by atoms with van der Waals surface area (Å²) in [6.07, 6.45) is 5.31. The van der Waals surface area contributed by atoms with Crippen molar-refractivity contribution in [3.63, 3.8) is 0 Å². The zero-order chi connectivity index (χ0) is 12.3. The Morgan fingerprint density at radius 2 is 2.24 bits per heavy atom. The molecule has 1 atom stereocenters. The van der Waals surface area contributed by atoms with E-state index in [0.717, 1.165) is 21.5 Å². The minimum absolute atomic E-state index is 0.0574. The van der Waals surface area contributed by atoms with Gasteiger partial charge in [0.05, 0.1) is 10.5 Å². The second-order valence-electron chi connectivity index (χ2n) is 3.87. The van der Waals surface area contributed by atoms with Gasteiger partial charge in [-0.05, 0) is 40.5 Å². The van der Waals surface area contributed by atoms with E-state index < -0.39 is 0 Å². The fourth-order valence-corrected chi connectivity index (χ4v) is 2.20. The number of hydrogen-bond donors (Lipinski definition) is 1. The minimum atomic E-state index is 0.0574. The molecule has 0 aromatic heterocycles. The highest BCUT2D eigenvalue weighted by Gasteiger charge is 2.16. The van der Waals surface area contributed by atoms with E-state index in [-0.39, 0.29) is 6.04 Å². The maximum absolute atomic E-state index is 5.55. The first-order valence-corrected chi connectivity index (χ1v) is 6.27. The fourth-order valence-electron chi connectivity index (χ4n) is 1.60.